The van der Waals surface area contributed by atoms with Crippen LogP contribution < -0.4 is 0 Å². The molecule has 0 fully saturated rings. The summed E-state index contributed by atoms with van der Waals surface area (Å²) in [7, 11) is -0.945. The van der Waals surface area contributed by atoms with Gasteiger partial charge in [-0.25, -0.2) is 0 Å². The maximum Gasteiger partial charge on any atom is 0.0658 e. The Balaban J connectivity index is 1.79. The average molecular weight is 394 g/mol. The van der Waals surface area contributed by atoms with Gasteiger partial charge >= 0.3 is 0 Å². The standard InChI is InChI=1S/C27H27NSi/c1-18-16-20-8-5-6-9-22(20)25(18)27(21-11-14-28-15-12-21)13-7-10-23-24(27)17-19(2)26(23)29(3)4/h5-17,25,29H,1-4H3/t25-,27?/m1/s1. The van der Waals surface area contributed by atoms with E-state index in [1.165, 1.54) is 39.0 Å². The van der Waals surface area contributed by atoms with Crippen LogP contribution in [0.25, 0.3) is 6.08 Å². The molecule has 1 aromatic carbocycles. The third-order valence-electron chi connectivity index (χ3n) is 6.77. The van der Waals surface area contributed by atoms with Gasteiger partial charge in [-0.05, 0) is 53.8 Å². The van der Waals surface area contributed by atoms with Crippen molar-refractivity contribution in [3.05, 3.63) is 117 Å². The molecule has 2 aromatic rings. The van der Waals surface area contributed by atoms with E-state index in [0.717, 1.165) is 0 Å². The molecule has 0 amide bonds. The number of fused-ring (bicyclic) bond motifs is 2. The minimum Gasteiger partial charge on any atom is -0.265 e. The van der Waals surface area contributed by atoms with Crippen molar-refractivity contribution >= 4 is 14.9 Å². The first-order valence-electron chi connectivity index (χ1n) is 10.5. The van der Waals surface area contributed by atoms with Crippen LogP contribution in [0.2, 0.25) is 13.1 Å². The van der Waals surface area contributed by atoms with E-state index in [9.17, 15) is 0 Å². The first-order chi connectivity index (χ1) is 14.0. The molecule has 1 nitrogen and oxygen atoms in total. The van der Waals surface area contributed by atoms with Gasteiger partial charge in [-0.1, -0.05) is 84.1 Å². The first-order valence-corrected chi connectivity index (χ1v) is 13.4. The van der Waals surface area contributed by atoms with Crippen molar-refractivity contribution < 1.29 is 0 Å². The van der Waals surface area contributed by atoms with Crippen LogP contribution in [-0.2, 0) is 5.41 Å². The van der Waals surface area contributed by atoms with E-state index in [1.807, 2.05) is 12.4 Å². The summed E-state index contributed by atoms with van der Waals surface area (Å²) in [5, 5.41) is 1.62. The zero-order chi connectivity index (χ0) is 20.2. The fraction of sp³-hybridized carbons (Fsp3) is 0.222. The first kappa shape index (κ1) is 18.3. The summed E-state index contributed by atoms with van der Waals surface area (Å²) in [5.74, 6) is 0.299. The molecule has 1 unspecified atom stereocenters. The number of benzene rings is 1. The number of hydrogen-bond acceptors (Lipinski definition) is 1. The lowest BCUT2D eigenvalue weighted by Crippen LogP contribution is -2.36. The van der Waals surface area contributed by atoms with E-state index >= 15 is 0 Å². The lowest BCUT2D eigenvalue weighted by Gasteiger charge is -2.43. The van der Waals surface area contributed by atoms with E-state index in [-0.39, 0.29) is 5.41 Å². The highest BCUT2D eigenvalue weighted by Crippen LogP contribution is 2.58. The molecule has 0 spiro atoms. The third-order valence-corrected chi connectivity index (χ3v) is 8.69. The molecule has 144 valence electrons. The normalized spacial score (nSPS) is 25.0. The summed E-state index contributed by atoms with van der Waals surface area (Å²) in [6.07, 6.45) is 15.8. The van der Waals surface area contributed by atoms with Crippen molar-refractivity contribution in [2.24, 2.45) is 0 Å². The highest BCUT2D eigenvalue weighted by atomic mass is 28.3. The van der Waals surface area contributed by atoms with Gasteiger partial charge in [0.2, 0.25) is 0 Å². The minimum atomic E-state index is -0.945. The number of allylic oxidation sites excluding steroid dienone is 9. The molecule has 0 N–H and O–H groups in total. The van der Waals surface area contributed by atoms with Crippen molar-refractivity contribution in [3.8, 4) is 0 Å². The highest BCUT2D eigenvalue weighted by molar-refractivity contribution is 6.66. The quantitative estimate of drug-likeness (QED) is 0.558. The second kappa shape index (κ2) is 6.67. The molecule has 3 aliphatic rings. The second-order valence-electron chi connectivity index (χ2n) is 8.80. The molecule has 0 radical (unpaired) electrons. The smallest absolute Gasteiger partial charge is 0.0658 e. The van der Waals surface area contributed by atoms with Crippen LogP contribution in [0.4, 0.5) is 0 Å². The summed E-state index contributed by atoms with van der Waals surface area (Å²) < 4.78 is 0. The van der Waals surface area contributed by atoms with Crippen LogP contribution in [0.3, 0.4) is 0 Å². The molecule has 2 heteroatoms. The van der Waals surface area contributed by atoms with Gasteiger partial charge in [0.05, 0.1) is 8.80 Å². The summed E-state index contributed by atoms with van der Waals surface area (Å²) in [6.45, 7) is 9.49. The topological polar surface area (TPSA) is 12.9 Å². The molecule has 0 bridgehead atoms. The summed E-state index contributed by atoms with van der Waals surface area (Å²) in [6, 6.07) is 13.3. The van der Waals surface area contributed by atoms with Gasteiger partial charge in [0.25, 0.3) is 0 Å². The van der Waals surface area contributed by atoms with Gasteiger partial charge in [0, 0.05) is 23.7 Å². The molecule has 3 aliphatic carbocycles. The molecule has 1 heterocycles. The monoisotopic (exact) mass is 393 g/mol. The van der Waals surface area contributed by atoms with Gasteiger partial charge in [-0.3, -0.25) is 4.98 Å². The van der Waals surface area contributed by atoms with Crippen LogP contribution in [0.5, 0.6) is 0 Å². The van der Waals surface area contributed by atoms with Crippen LogP contribution in [-0.4, -0.2) is 13.8 Å². The molecular formula is C27H27NSi. The molecule has 5 rings (SSSR count). The Labute approximate surface area is 175 Å². The summed E-state index contributed by atoms with van der Waals surface area (Å²) in [4.78, 5) is 4.33. The molecular weight excluding hydrogens is 366 g/mol. The number of aromatic nitrogens is 1. The Bertz CT molecular complexity index is 1140. The molecule has 2 atom stereocenters. The highest BCUT2D eigenvalue weighted by Gasteiger charge is 2.49. The molecule has 1 aromatic heterocycles. The van der Waals surface area contributed by atoms with Gasteiger partial charge < -0.3 is 0 Å². The van der Waals surface area contributed by atoms with Crippen molar-refractivity contribution in [1.82, 2.24) is 4.98 Å². The number of hydrogen-bond donors (Lipinski definition) is 0. The fourth-order valence-electron chi connectivity index (χ4n) is 5.78. The Kier molecular flexibility index (Phi) is 4.21. The maximum atomic E-state index is 4.33. The second-order valence-corrected chi connectivity index (χ2v) is 11.7. The van der Waals surface area contributed by atoms with E-state index in [1.54, 1.807) is 5.20 Å². The Morgan fingerprint density at radius 1 is 0.966 bits per heavy atom. The van der Waals surface area contributed by atoms with E-state index in [4.69, 9.17) is 0 Å². The lowest BCUT2D eigenvalue weighted by molar-refractivity contribution is 0.549. The van der Waals surface area contributed by atoms with Gasteiger partial charge in [0.1, 0.15) is 0 Å². The molecule has 29 heavy (non-hydrogen) atoms. The van der Waals surface area contributed by atoms with E-state index in [0.29, 0.717) is 5.92 Å². The van der Waals surface area contributed by atoms with Gasteiger partial charge in [0.15, 0.2) is 0 Å². The number of nitrogens with zero attached hydrogens (tertiary/aromatic N) is 1. The predicted octanol–water partition coefficient (Wildman–Crippen LogP) is 6.30. The van der Waals surface area contributed by atoms with Crippen molar-refractivity contribution in [2.75, 3.05) is 0 Å². The Hall–Kier alpha value is -2.71. The van der Waals surface area contributed by atoms with Gasteiger partial charge in [-0.2, -0.15) is 0 Å². The largest absolute Gasteiger partial charge is 0.265 e. The lowest BCUT2D eigenvalue weighted by atomic mass is 9.60. The number of rotatable bonds is 3. The van der Waals surface area contributed by atoms with E-state index < -0.39 is 8.80 Å². The van der Waals surface area contributed by atoms with Gasteiger partial charge in [-0.15, -0.1) is 0 Å². The number of pyridine rings is 1. The average Bonchev–Trinajstić information content (AvgIpc) is 3.24. The van der Waals surface area contributed by atoms with Crippen molar-refractivity contribution in [1.29, 1.82) is 0 Å². The van der Waals surface area contributed by atoms with Crippen molar-refractivity contribution in [2.45, 2.75) is 38.3 Å². The molecule has 0 saturated carbocycles. The SMILES string of the molecule is CC1=Cc2ccccc2[C@@H]1C1(c2ccncc2)C=CC=C2C1=CC(C)=C2[SiH](C)C. The fourth-order valence-corrected chi connectivity index (χ4v) is 7.65. The molecule has 0 aliphatic heterocycles. The van der Waals surface area contributed by atoms with E-state index in [2.05, 4.69) is 98.7 Å². The Morgan fingerprint density at radius 3 is 2.48 bits per heavy atom. The van der Waals surface area contributed by atoms with Crippen LogP contribution in [0.15, 0.2) is 101 Å². The third kappa shape index (κ3) is 2.55. The maximum absolute atomic E-state index is 4.33. The zero-order valence-corrected chi connectivity index (χ0v) is 18.8. The predicted molar refractivity (Wildman–Crippen MR) is 126 cm³/mol. The zero-order valence-electron chi connectivity index (χ0n) is 17.6. The Morgan fingerprint density at radius 2 is 1.72 bits per heavy atom. The summed E-state index contributed by atoms with van der Waals surface area (Å²) >= 11 is 0. The van der Waals surface area contributed by atoms with Crippen LogP contribution in [0, 0.1) is 0 Å². The van der Waals surface area contributed by atoms with Crippen LogP contribution >= 0.6 is 0 Å². The van der Waals surface area contributed by atoms with Crippen molar-refractivity contribution in [3.63, 3.8) is 0 Å². The van der Waals surface area contributed by atoms with Crippen LogP contribution in [0.1, 0.15) is 36.5 Å². The molecule has 0 saturated heterocycles. The minimum absolute atomic E-state index is 0.202. The summed E-state index contributed by atoms with van der Waals surface area (Å²) in [5.41, 5.74) is 9.75.